The van der Waals surface area contributed by atoms with Crippen molar-refractivity contribution in [3.8, 4) is 0 Å². The second kappa shape index (κ2) is 4.29. The van der Waals surface area contributed by atoms with Crippen LogP contribution in [0.2, 0.25) is 0 Å². The second-order valence-corrected chi connectivity index (χ2v) is 5.43. The highest BCUT2D eigenvalue weighted by molar-refractivity contribution is 6.07. The highest BCUT2D eigenvalue weighted by Gasteiger charge is 2.52. The summed E-state index contributed by atoms with van der Waals surface area (Å²) in [5, 5.41) is 20.7. The molecule has 106 valence electrons. The molecule has 0 saturated carbocycles. The van der Waals surface area contributed by atoms with Crippen LogP contribution in [-0.4, -0.2) is 39.6 Å². The van der Waals surface area contributed by atoms with Gasteiger partial charge in [0, 0.05) is 19.0 Å². The van der Waals surface area contributed by atoms with Crippen LogP contribution in [0.25, 0.3) is 0 Å². The first kappa shape index (κ1) is 13.1. The molecule has 1 aliphatic heterocycles. The van der Waals surface area contributed by atoms with Crippen molar-refractivity contribution in [1.29, 1.82) is 0 Å². The van der Waals surface area contributed by atoms with Crippen molar-refractivity contribution in [2.75, 3.05) is 7.05 Å². The number of likely N-dealkylation sites (N-methyl/N-ethyl adjacent to an activating group) is 1. The van der Waals surface area contributed by atoms with Crippen molar-refractivity contribution >= 4 is 11.9 Å². The summed E-state index contributed by atoms with van der Waals surface area (Å²) in [5.74, 6) is -0.248. The lowest BCUT2D eigenvalue weighted by atomic mass is 9.77. The van der Waals surface area contributed by atoms with Crippen molar-refractivity contribution in [3.63, 3.8) is 0 Å². The Balaban J connectivity index is 1.97. The van der Waals surface area contributed by atoms with Crippen LogP contribution < -0.4 is 5.32 Å². The smallest absolute Gasteiger partial charge is 0.324 e. The third-order valence-electron chi connectivity index (χ3n) is 4.41. The molecule has 3 rings (SSSR count). The molecule has 0 aromatic heterocycles. The molecule has 0 radical (unpaired) electrons. The van der Waals surface area contributed by atoms with E-state index in [-0.39, 0.29) is 11.9 Å². The van der Waals surface area contributed by atoms with Gasteiger partial charge in [-0.3, -0.25) is 10.1 Å². The van der Waals surface area contributed by atoms with E-state index in [0.29, 0.717) is 24.8 Å². The fourth-order valence-electron chi connectivity index (χ4n) is 3.08. The third kappa shape index (κ3) is 1.72. The predicted molar refractivity (Wildman–Crippen MR) is 69.7 cm³/mol. The maximum atomic E-state index is 12.1. The first-order valence-electron chi connectivity index (χ1n) is 6.51. The van der Waals surface area contributed by atoms with Gasteiger partial charge in [-0.1, -0.05) is 18.2 Å². The van der Waals surface area contributed by atoms with E-state index in [4.69, 9.17) is 0 Å². The molecule has 1 fully saturated rings. The SMILES string of the molecule is CN1C(=O)NC(=O)C12CCc1cc(C(O)O)ccc1C2. The number of hydrogen-bond donors (Lipinski definition) is 3. The topological polar surface area (TPSA) is 89.9 Å². The molecular weight excluding hydrogens is 260 g/mol. The summed E-state index contributed by atoms with van der Waals surface area (Å²) in [6, 6.07) is 4.83. The summed E-state index contributed by atoms with van der Waals surface area (Å²) < 4.78 is 0. The van der Waals surface area contributed by atoms with Gasteiger partial charge in [0.15, 0.2) is 6.29 Å². The number of imide groups is 1. The molecule has 3 amide bonds. The van der Waals surface area contributed by atoms with Gasteiger partial charge in [-0.15, -0.1) is 0 Å². The molecule has 1 aromatic carbocycles. The Bertz CT molecular complexity index is 599. The first-order valence-corrected chi connectivity index (χ1v) is 6.51. The van der Waals surface area contributed by atoms with Gasteiger partial charge in [0.1, 0.15) is 5.54 Å². The van der Waals surface area contributed by atoms with Gasteiger partial charge in [0.05, 0.1) is 0 Å². The Kier molecular flexibility index (Phi) is 2.81. The van der Waals surface area contributed by atoms with Crippen molar-refractivity contribution in [2.45, 2.75) is 31.1 Å². The molecule has 1 aliphatic carbocycles. The highest BCUT2D eigenvalue weighted by Crippen LogP contribution is 2.36. The zero-order valence-electron chi connectivity index (χ0n) is 11.1. The lowest BCUT2D eigenvalue weighted by Crippen LogP contribution is -2.51. The number of rotatable bonds is 1. The zero-order valence-corrected chi connectivity index (χ0v) is 11.1. The monoisotopic (exact) mass is 276 g/mol. The van der Waals surface area contributed by atoms with Gasteiger partial charge in [-0.2, -0.15) is 0 Å². The molecular formula is C14H16N2O4. The van der Waals surface area contributed by atoms with Crippen molar-refractivity contribution < 1.29 is 19.8 Å². The van der Waals surface area contributed by atoms with E-state index in [1.165, 1.54) is 4.90 Å². The number of urea groups is 1. The van der Waals surface area contributed by atoms with Crippen LogP contribution in [-0.2, 0) is 17.6 Å². The molecule has 6 heteroatoms. The van der Waals surface area contributed by atoms with Crippen LogP contribution in [0.1, 0.15) is 29.4 Å². The fraction of sp³-hybridized carbons (Fsp3) is 0.429. The third-order valence-corrected chi connectivity index (χ3v) is 4.41. The van der Waals surface area contributed by atoms with E-state index in [0.717, 1.165) is 11.1 Å². The molecule has 1 spiro atoms. The van der Waals surface area contributed by atoms with Crippen LogP contribution in [0.3, 0.4) is 0 Å². The van der Waals surface area contributed by atoms with Gasteiger partial charge in [0.25, 0.3) is 5.91 Å². The Morgan fingerprint density at radius 2 is 2.05 bits per heavy atom. The minimum Gasteiger partial charge on any atom is -0.364 e. The average Bonchev–Trinajstić information content (AvgIpc) is 2.62. The fourth-order valence-corrected chi connectivity index (χ4v) is 3.08. The maximum Gasteiger partial charge on any atom is 0.324 e. The van der Waals surface area contributed by atoms with Gasteiger partial charge in [-0.25, -0.2) is 4.79 Å². The molecule has 1 saturated heterocycles. The number of benzene rings is 1. The molecule has 1 atom stereocenters. The molecule has 0 bridgehead atoms. The van der Waals surface area contributed by atoms with E-state index in [1.54, 1.807) is 25.2 Å². The number of hydrogen-bond acceptors (Lipinski definition) is 4. The van der Waals surface area contributed by atoms with Gasteiger partial charge < -0.3 is 15.1 Å². The number of aliphatic hydroxyl groups excluding tert-OH is 1. The van der Waals surface area contributed by atoms with Crippen molar-refractivity contribution in [1.82, 2.24) is 10.2 Å². The number of nitrogens with zero attached hydrogens (tertiary/aromatic N) is 1. The Morgan fingerprint density at radius 1 is 1.30 bits per heavy atom. The van der Waals surface area contributed by atoms with Crippen molar-refractivity contribution in [3.05, 3.63) is 34.9 Å². The largest absolute Gasteiger partial charge is 0.364 e. The normalized spacial score (nSPS) is 25.3. The minimum absolute atomic E-state index is 0.248. The molecule has 6 nitrogen and oxygen atoms in total. The Hall–Kier alpha value is -1.92. The summed E-state index contributed by atoms with van der Waals surface area (Å²) in [4.78, 5) is 25.2. The summed E-state index contributed by atoms with van der Waals surface area (Å²) in [6.07, 6.45) is 0.133. The molecule has 20 heavy (non-hydrogen) atoms. The Morgan fingerprint density at radius 3 is 2.65 bits per heavy atom. The second-order valence-electron chi connectivity index (χ2n) is 5.43. The van der Waals surface area contributed by atoms with Gasteiger partial charge in [0.2, 0.25) is 0 Å². The first-order chi connectivity index (χ1) is 9.44. The zero-order chi connectivity index (χ0) is 14.5. The predicted octanol–water partition coefficient (Wildman–Crippen LogP) is 0.0789. The number of amides is 3. The summed E-state index contributed by atoms with van der Waals surface area (Å²) in [6.45, 7) is 0. The van der Waals surface area contributed by atoms with Crippen LogP contribution in [0, 0.1) is 0 Å². The average molecular weight is 276 g/mol. The summed E-state index contributed by atoms with van der Waals surface area (Å²) in [5.41, 5.74) is 1.61. The van der Waals surface area contributed by atoms with E-state index in [2.05, 4.69) is 5.32 Å². The van der Waals surface area contributed by atoms with E-state index in [1.807, 2.05) is 0 Å². The number of carbonyl (C=O) groups excluding carboxylic acids is 2. The van der Waals surface area contributed by atoms with E-state index in [9.17, 15) is 19.8 Å². The maximum absolute atomic E-state index is 12.1. The number of nitrogens with one attached hydrogen (secondary N) is 1. The molecule has 2 aliphatic rings. The Labute approximate surface area is 116 Å². The van der Waals surface area contributed by atoms with Crippen LogP contribution in [0.15, 0.2) is 18.2 Å². The van der Waals surface area contributed by atoms with Crippen LogP contribution >= 0.6 is 0 Å². The highest BCUT2D eigenvalue weighted by atomic mass is 16.5. The molecule has 1 aromatic rings. The molecule has 3 N–H and O–H groups in total. The van der Waals surface area contributed by atoms with Gasteiger partial charge in [-0.05, 0) is 24.0 Å². The summed E-state index contributed by atoms with van der Waals surface area (Å²) in [7, 11) is 1.64. The van der Waals surface area contributed by atoms with Crippen molar-refractivity contribution in [2.24, 2.45) is 0 Å². The van der Waals surface area contributed by atoms with E-state index >= 15 is 0 Å². The standard InChI is InChI=1S/C14H16N2O4/c1-16-13(20)15-12(19)14(16)5-4-8-6-9(11(17)18)2-3-10(8)7-14/h2-3,6,11,17-18H,4-5,7H2,1H3,(H,15,19,20). The lowest BCUT2D eigenvalue weighted by molar-refractivity contribution is -0.126. The van der Waals surface area contributed by atoms with E-state index < -0.39 is 11.8 Å². The number of aliphatic hydroxyl groups is 2. The molecule has 1 heterocycles. The number of aryl methyl sites for hydroxylation is 1. The number of carbonyl (C=O) groups is 2. The summed E-state index contributed by atoms with van der Waals surface area (Å²) >= 11 is 0. The number of fused-ring (bicyclic) bond motifs is 1. The minimum atomic E-state index is -1.49. The lowest BCUT2D eigenvalue weighted by Gasteiger charge is -2.37. The molecule has 1 unspecified atom stereocenters. The van der Waals surface area contributed by atoms with Crippen LogP contribution in [0.4, 0.5) is 4.79 Å². The van der Waals surface area contributed by atoms with Crippen LogP contribution in [0.5, 0.6) is 0 Å². The quantitative estimate of drug-likeness (QED) is 0.500. The van der Waals surface area contributed by atoms with Gasteiger partial charge >= 0.3 is 6.03 Å².